The number of rotatable bonds is 5. The van der Waals surface area contributed by atoms with Crippen LogP contribution >= 0.6 is 15.9 Å². The summed E-state index contributed by atoms with van der Waals surface area (Å²) in [6.45, 7) is 7.22. The standard InChI is InChI=1S/C13H22BrN3/c1-9(2)5-10(3)17(4)13-11(7-15)6-12(14)8-16-13/h6,8-10H,5,7,15H2,1-4H3. The van der Waals surface area contributed by atoms with Crippen LogP contribution in [0.3, 0.4) is 0 Å². The number of nitrogens with two attached hydrogens (primary N) is 1. The van der Waals surface area contributed by atoms with Gasteiger partial charge < -0.3 is 10.6 Å². The molecule has 1 aromatic heterocycles. The second-order valence-electron chi connectivity index (χ2n) is 4.93. The van der Waals surface area contributed by atoms with Crippen molar-refractivity contribution in [2.24, 2.45) is 11.7 Å². The van der Waals surface area contributed by atoms with Gasteiger partial charge in [0, 0.05) is 35.9 Å². The van der Waals surface area contributed by atoms with E-state index in [1.807, 2.05) is 12.3 Å². The highest BCUT2D eigenvalue weighted by molar-refractivity contribution is 9.10. The van der Waals surface area contributed by atoms with Crippen molar-refractivity contribution < 1.29 is 0 Å². The van der Waals surface area contributed by atoms with Crippen molar-refractivity contribution in [1.29, 1.82) is 0 Å². The molecule has 1 unspecified atom stereocenters. The van der Waals surface area contributed by atoms with Gasteiger partial charge in [-0.15, -0.1) is 0 Å². The predicted octanol–water partition coefficient (Wildman–Crippen LogP) is 3.17. The van der Waals surface area contributed by atoms with Gasteiger partial charge in [0.2, 0.25) is 0 Å². The molecule has 0 spiro atoms. The summed E-state index contributed by atoms with van der Waals surface area (Å²) in [6, 6.07) is 2.51. The molecule has 96 valence electrons. The molecule has 1 heterocycles. The third-order valence-corrected chi connectivity index (χ3v) is 3.37. The summed E-state index contributed by atoms with van der Waals surface area (Å²) in [6.07, 6.45) is 2.98. The molecule has 3 nitrogen and oxygen atoms in total. The van der Waals surface area contributed by atoms with Crippen LogP contribution in [0, 0.1) is 5.92 Å². The Bertz CT molecular complexity index is 366. The molecule has 1 aromatic rings. The number of hydrogen-bond acceptors (Lipinski definition) is 3. The van der Waals surface area contributed by atoms with Gasteiger partial charge in [-0.2, -0.15) is 0 Å². The zero-order chi connectivity index (χ0) is 13.0. The summed E-state index contributed by atoms with van der Waals surface area (Å²) in [5, 5.41) is 0. The summed E-state index contributed by atoms with van der Waals surface area (Å²) < 4.78 is 0.978. The minimum Gasteiger partial charge on any atom is -0.357 e. The summed E-state index contributed by atoms with van der Waals surface area (Å²) in [5.41, 5.74) is 6.85. The number of pyridine rings is 1. The van der Waals surface area contributed by atoms with Gasteiger partial charge in [-0.05, 0) is 41.3 Å². The van der Waals surface area contributed by atoms with Crippen LogP contribution in [0.2, 0.25) is 0 Å². The first-order valence-electron chi connectivity index (χ1n) is 6.03. The Labute approximate surface area is 113 Å². The molecule has 0 fully saturated rings. The molecule has 1 atom stereocenters. The lowest BCUT2D eigenvalue weighted by Crippen LogP contribution is -2.31. The minimum absolute atomic E-state index is 0.467. The van der Waals surface area contributed by atoms with Crippen LogP contribution in [0.25, 0.3) is 0 Å². The third kappa shape index (κ3) is 3.96. The quantitative estimate of drug-likeness (QED) is 0.908. The van der Waals surface area contributed by atoms with E-state index < -0.39 is 0 Å². The van der Waals surface area contributed by atoms with E-state index in [1.54, 1.807) is 0 Å². The normalized spacial score (nSPS) is 12.9. The van der Waals surface area contributed by atoms with Gasteiger partial charge in [-0.3, -0.25) is 0 Å². The Morgan fingerprint density at radius 2 is 2.06 bits per heavy atom. The first kappa shape index (κ1) is 14.5. The molecule has 0 aliphatic rings. The number of hydrogen-bond donors (Lipinski definition) is 1. The van der Waals surface area contributed by atoms with Gasteiger partial charge in [0.15, 0.2) is 0 Å². The largest absolute Gasteiger partial charge is 0.357 e. The molecular formula is C13H22BrN3. The van der Waals surface area contributed by atoms with Gasteiger partial charge in [0.1, 0.15) is 5.82 Å². The van der Waals surface area contributed by atoms with Crippen molar-refractivity contribution >= 4 is 21.7 Å². The number of nitrogens with zero attached hydrogens (tertiary/aromatic N) is 2. The highest BCUT2D eigenvalue weighted by atomic mass is 79.9. The van der Waals surface area contributed by atoms with Gasteiger partial charge >= 0.3 is 0 Å². The molecule has 0 amide bonds. The molecule has 0 saturated heterocycles. The Hall–Kier alpha value is -0.610. The van der Waals surface area contributed by atoms with E-state index in [2.05, 4.69) is 53.6 Å². The average Bonchev–Trinajstić information content (AvgIpc) is 2.27. The SMILES string of the molecule is CC(C)CC(C)N(C)c1ncc(Br)cc1CN. The Morgan fingerprint density at radius 3 is 2.59 bits per heavy atom. The summed E-state index contributed by atoms with van der Waals surface area (Å²) in [5.74, 6) is 1.67. The van der Waals surface area contributed by atoms with Crippen molar-refractivity contribution in [3.63, 3.8) is 0 Å². The van der Waals surface area contributed by atoms with Gasteiger partial charge in [-0.1, -0.05) is 13.8 Å². The lowest BCUT2D eigenvalue weighted by Gasteiger charge is -2.29. The molecule has 2 N–H and O–H groups in total. The third-order valence-electron chi connectivity index (χ3n) is 2.94. The van der Waals surface area contributed by atoms with Crippen molar-refractivity contribution in [1.82, 2.24) is 4.98 Å². The van der Waals surface area contributed by atoms with E-state index in [0.29, 0.717) is 18.5 Å². The first-order valence-corrected chi connectivity index (χ1v) is 6.82. The van der Waals surface area contributed by atoms with E-state index in [1.165, 1.54) is 0 Å². The van der Waals surface area contributed by atoms with E-state index in [0.717, 1.165) is 22.3 Å². The number of halogens is 1. The smallest absolute Gasteiger partial charge is 0.133 e. The van der Waals surface area contributed by atoms with Gasteiger partial charge in [0.05, 0.1) is 0 Å². The highest BCUT2D eigenvalue weighted by Crippen LogP contribution is 2.23. The first-order chi connectivity index (χ1) is 7.95. The molecule has 17 heavy (non-hydrogen) atoms. The fourth-order valence-corrected chi connectivity index (χ4v) is 2.37. The van der Waals surface area contributed by atoms with Crippen LogP contribution in [0.15, 0.2) is 16.7 Å². The van der Waals surface area contributed by atoms with Crippen LogP contribution in [-0.4, -0.2) is 18.1 Å². The summed E-state index contributed by atoms with van der Waals surface area (Å²) in [4.78, 5) is 6.69. The topological polar surface area (TPSA) is 42.2 Å². The maximum atomic E-state index is 5.77. The zero-order valence-electron chi connectivity index (χ0n) is 11.1. The number of aromatic nitrogens is 1. The van der Waals surface area contributed by atoms with E-state index in [9.17, 15) is 0 Å². The van der Waals surface area contributed by atoms with E-state index in [4.69, 9.17) is 5.73 Å². The van der Waals surface area contributed by atoms with Crippen molar-refractivity contribution in [3.8, 4) is 0 Å². The molecule has 0 radical (unpaired) electrons. The van der Waals surface area contributed by atoms with Crippen LogP contribution in [0.5, 0.6) is 0 Å². The van der Waals surface area contributed by atoms with Crippen LogP contribution < -0.4 is 10.6 Å². The van der Waals surface area contributed by atoms with Crippen LogP contribution in [0.4, 0.5) is 5.82 Å². The summed E-state index contributed by atoms with van der Waals surface area (Å²) >= 11 is 3.43. The molecule has 0 aliphatic carbocycles. The maximum Gasteiger partial charge on any atom is 0.133 e. The molecule has 0 bridgehead atoms. The summed E-state index contributed by atoms with van der Waals surface area (Å²) in [7, 11) is 2.09. The fraction of sp³-hybridized carbons (Fsp3) is 0.615. The molecule has 4 heteroatoms. The molecule has 0 aromatic carbocycles. The Balaban J connectivity index is 2.91. The van der Waals surface area contributed by atoms with Crippen LogP contribution in [-0.2, 0) is 6.54 Å². The fourth-order valence-electron chi connectivity index (χ4n) is 1.99. The Kier molecular flexibility index (Phi) is 5.40. The lowest BCUT2D eigenvalue weighted by atomic mass is 10.0. The van der Waals surface area contributed by atoms with Crippen molar-refractivity contribution in [2.45, 2.75) is 39.8 Å². The Morgan fingerprint density at radius 1 is 1.41 bits per heavy atom. The van der Waals surface area contributed by atoms with Crippen LogP contribution in [0.1, 0.15) is 32.8 Å². The van der Waals surface area contributed by atoms with Crippen molar-refractivity contribution in [3.05, 3.63) is 22.3 Å². The predicted molar refractivity (Wildman–Crippen MR) is 77.1 cm³/mol. The average molecular weight is 300 g/mol. The monoisotopic (exact) mass is 299 g/mol. The minimum atomic E-state index is 0.467. The molecule has 0 saturated carbocycles. The van der Waals surface area contributed by atoms with Crippen molar-refractivity contribution in [2.75, 3.05) is 11.9 Å². The van der Waals surface area contributed by atoms with E-state index >= 15 is 0 Å². The van der Waals surface area contributed by atoms with Gasteiger partial charge in [0.25, 0.3) is 0 Å². The maximum absolute atomic E-state index is 5.77. The number of anilines is 1. The highest BCUT2D eigenvalue weighted by Gasteiger charge is 2.15. The van der Waals surface area contributed by atoms with Gasteiger partial charge in [-0.25, -0.2) is 4.98 Å². The second kappa shape index (κ2) is 6.36. The van der Waals surface area contributed by atoms with E-state index in [-0.39, 0.29) is 0 Å². The lowest BCUT2D eigenvalue weighted by molar-refractivity contribution is 0.501. The second-order valence-corrected chi connectivity index (χ2v) is 5.85. The molecular weight excluding hydrogens is 278 g/mol. The molecule has 0 aliphatic heterocycles. The zero-order valence-corrected chi connectivity index (χ0v) is 12.7. The molecule has 1 rings (SSSR count).